The van der Waals surface area contributed by atoms with E-state index in [1.807, 2.05) is 7.05 Å². The molecule has 0 aliphatic rings. The maximum atomic E-state index is 8.65. The molecular formula is C16H35N5. The lowest BCUT2D eigenvalue weighted by Crippen LogP contribution is -2.38. The highest BCUT2D eigenvalue weighted by Gasteiger charge is 2.07. The van der Waals surface area contributed by atoms with E-state index in [-0.39, 0.29) is 0 Å². The number of likely N-dealkylation sites (N-methyl/N-ethyl adjacent to an activating group) is 1. The average molecular weight is 297 g/mol. The summed E-state index contributed by atoms with van der Waals surface area (Å²) in [5.74, 6) is 0. The van der Waals surface area contributed by atoms with Gasteiger partial charge >= 0.3 is 0 Å². The second-order valence-electron chi connectivity index (χ2n) is 6.20. The number of rotatable bonds is 13. The van der Waals surface area contributed by atoms with E-state index in [0.717, 1.165) is 45.6 Å². The molecule has 5 heteroatoms. The Hall–Kier alpha value is -0.670. The fraction of sp³-hybridized carbons (Fsp3) is 0.938. The number of nitriles is 1. The molecule has 0 heterocycles. The molecule has 0 radical (unpaired) electrons. The minimum Gasteiger partial charge on any atom is -0.313 e. The zero-order valence-corrected chi connectivity index (χ0v) is 14.7. The maximum absolute atomic E-state index is 8.65. The molecule has 0 bridgehead atoms. The molecule has 0 aromatic carbocycles. The lowest BCUT2D eigenvalue weighted by atomic mass is 10.1. The van der Waals surface area contributed by atoms with Crippen molar-refractivity contribution in [2.45, 2.75) is 32.2 Å². The Morgan fingerprint density at radius 2 is 1.71 bits per heavy atom. The Kier molecular flexibility index (Phi) is 12.6. The van der Waals surface area contributed by atoms with Gasteiger partial charge in [0, 0.05) is 25.7 Å². The molecule has 1 atom stereocenters. The minimum absolute atomic E-state index is 0.519. The molecule has 0 aliphatic heterocycles. The molecule has 5 nitrogen and oxygen atoms in total. The van der Waals surface area contributed by atoms with Crippen LogP contribution in [0, 0.1) is 11.3 Å². The van der Waals surface area contributed by atoms with Crippen molar-refractivity contribution in [2.75, 3.05) is 67.5 Å². The summed E-state index contributed by atoms with van der Waals surface area (Å²) >= 11 is 0. The Morgan fingerprint density at radius 1 is 1.00 bits per heavy atom. The standard InChI is InChI=1S/C16H35N5/c1-6-16(8-13-21(5)14-9-17)18-10-15-20(4)12-7-11-19(2)3/h16,18H,6-8,10-15H2,1-5H3. The summed E-state index contributed by atoms with van der Waals surface area (Å²) in [6.07, 6.45) is 3.48. The molecule has 124 valence electrons. The zero-order valence-electron chi connectivity index (χ0n) is 14.7. The third-order valence-electron chi connectivity index (χ3n) is 3.76. The van der Waals surface area contributed by atoms with Crippen molar-refractivity contribution in [2.24, 2.45) is 0 Å². The SMILES string of the molecule is CCC(CCN(C)CC#N)NCCN(C)CCCN(C)C. The van der Waals surface area contributed by atoms with Crippen LogP contribution in [0.25, 0.3) is 0 Å². The van der Waals surface area contributed by atoms with Crippen molar-refractivity contribution < 1.29 is 0 Å². The lowest BCUT2D eigenvalue weighted by molar-refractivity contribution is 0.286. The van der Waals surface area contributed by atoms with Crippen LogP contribution < -0.4 is 5.32 Å². The minimum atomic E-state index is 0.519. The lowest BCUT2D eigenvalue weighted by Gasteiger charge is -2.23. The van der Waals surface area contributed by atoms with E-state index in [1.165, 1.54) is 6.42 Å². The Morgan fingerprint density at radius 3 is 2.29 bits per heavy atom. The zero-order chi connectivity index (χ0) is 16.1. The second-order valence-corrected chi connectivity index (χ2v) is 6.20. The molecule has 0 amide bonds. The van der Waals surface area contributed by atoms with Gasteiger partial charge in [-0.25, -0.2) is 0 Å². The van der Waals surface area contributed by atoms with Crippen molar-refractivity contribution in [1.82, 2.24) is 20.0 Å². The van der Waals surface area contributed by atoms with Crippen LogP contribution in [0.3, 0.4) is 0 Å². The monoisotopic (exact) mass is 297 g/mol. The Bertz CT molecular complexity index is 274. The number of nitrogens with one attached hydrogen (secondary N) is 1. The number of hydrogen-bond donors (Lipinski definition) is 1. The van der Waals surface area contributed by atoms with Gasteiger partial charge in [-0.05, 0) is 60.5 Å². The van der Waals surface area contributed by atoms with Crippen LogP contribution in [-0.2, 0) is 0 Å². The first-order chi connectivity index (χ1) is 9.99. The molecule has 0 aromatic rings. The van der Waals surface area contributed by atoms with E-state index < -0.39 is 0 Å². The summed E-state index contributed by atoms with van der Waals surface area (Å²) < 4.78 is 0. The van der Waals surface area contributed by atoms with E-state index in [9.17, 15) is 0 Å². The fourth-order valence-corrected chi connectivity index (χ4v) is 2.25. The second kappa shape index (κ2) is 13.0. The molecule has 0 saturated carbocycles. The molecule has 1 N–H and O–H groups in total. The molecule has 0 aromatic heterocycles. The van der Waals surface area contributed by atoms with E-state index >= 15 is 0 Å². The van der Waals surface area contributed by atoms with Gasteiger partial charge in [-0.3, -0.25) is 4.90 Å². The highest BCUT2D eigenvalue weighted by Crippen LogP contribution is 1.99. The first-order valence-corrected chi connectivity index (χ1v) is 8.11. The van der Waals surface area contributed by atoms with Crippen LogP contribution in [0.4, 0.5) is 0 Å². The van der Waals surface area contributed by atoms with Crippen LogP contribution in [0.2, 0.25) is 0 Å². The van der Waals surface area contributed by atoms with E-state index in [2.05, 4.69) is 54.2 Å². The summed E-state index contributed by atoms with van der Waals surface area (Å²) in [6.45, 7) is 8.17. The smallest absolute Gasteiger partial charge is 0.0863 e. The topological polar surface area (TPSA) is 45.5 Å². The van der Waals surface area contributed by atoms with E-state index in [0.29, 0.717) is 12.6 Å². The third-order valence-corrected chi connectivity index (χ3v) is 3.76. The highest BCUT2D eigenvalue weighted by molar-refractivity contribution is 4.76. The van der Waals surface area contributed by atoms with Gasteiger partial charge in [-0.15, -0.1) is 0 Å². The van der Waals surface area contributed by atoms with Crippen molar-refractivity contribution in [3.63, 3.8) is 0 Å². The molecule has 1 unspecified atom stereocenters. The molecule has 0 aliphatic carbocycles. The van der Waals surface area contributed by atoms with Gasteiger partial charge < -0.3 is 15.1 Å². The summed E-state index contributed by atoms with van der Waals surface area (Å²) in [4.78, 5) is 6.71. The van der Waals surface area contributed by atoms with Crippen LogP contribution in [-0.4, -0.2) is 88.2 Å². The fourth-order valence-electron chi connectivity index (χ4n) is 2.25. The predicted octanol–water partition coefficient (Wildman–Crippen LogP) is 1.08. The number of hydrogen-bond acceptors (Lipinski definition) is 5. The van der Waals surface area contributed by atoms with Crippen molar-refractivity contribution in [1.29, 1.82) is 5.26 Å². The molecule has 0 rings (SSSR count). The first-order valence-electron chi connectivity index (χ1n) is 8.11. The van der Waals surface area contributed by atoms with Crippen LogP contribution >= 0.6 is 0 Å². The van der Waals surface area contributed by atoms with Gasteiger partial charge in [-0.1, -0.05) is 6.92 Å². The van der Waals surface area contributed by atoms with Gasteiger partial charge in [0.2, 0.25) is 0 Å². The first kappa shape index (κ1) is 20.3. The van der Waals surface area contributed by atoms with Crippen LogP contribution in [0.5, 0.6) is 0 Å². The quantitative estimate of drug-likeness (QED) is 0.516. The summed E-state index contributed by atoms with van der Waals surface area (Å²) in [5.41, 5.74) is 0. The summed E-state index contributed by atoms with van der Waals surface area (Å²) in [7, 11) is 8.45. The molecule has 21 heavy (non-hydrogen) atoms. The predicted molar refractivity (Wildman–Crippen MR) is 90.5 cm³/mol. The largest absolute Gasteiger partial charge is 0.313 e. The van der Waals surface area contributed by atoms with Crippen LogP contribution in [0.1, 0.15) is 26.2 Å². The van der Waals surface area contributed by atoms with E-state index in [4.69, 9.17) is 5.26 Å². The summed E-state index contributed by atoms with van der Waals surface area (Å²) in [6, 6.07) is 2.75. The molecule has 0 spiro atoms. The maximum Gasteiger partial charge on any atom is 0.0863 e. The molecule has 0 fully saturated rings. The van der Waals surface area contributed by atoms with Gasteiger partial charge in [0.1, 0.15) is 0 Å². The molecule has 0 saturated heterocycles. The van der Waals surface area contributed by atoms with Gasteiger partial charge in [0.25, 0.3) is 0 Å². The van der Waals surface area contributed by atoms with Crippen LogP contribution in [0.15, 0.2) is 0 Å². The summed E-state index contributed by atoms with van der Waals surface area (Å²) in [5, 5.41) is 12.3. The highest BCUT2D eigenvalue weighted by atomic mass is 15.1. The number of nitrogens with zero attached hydrogens (tertiary/aromatic N) is 4. The van der Waals surface area contributed by atoms with Crippen molar-refractivity contribution in [3.8, 4) is 6.07 Å². The third kappa shape index (κ3) is 12.8. The van der Waals surface area contributed by atoms with Crippen molar-refractivity contribution >= 4 is 0 Å². The van der Waals surface area contributed by atoms with Gasteiger partial charge in [0.15, 0.2) is 0 Å². The Balaban J connectivity index is 3.68. The van der Waals surface area contributed by atoms with Gasteiger partial charge in [-0.2, -0.15) is 5.26 Å². The Labute approximate surface area is 131 Å². The van der Waals surface area contributed by atoms with Gasteiger partial charge in [0.05, 0.1) is 12.6 Å². The average Bonchev–Trinajstić information content (AvgIpc) is 2.42. The molecular weight excluding hydrogens is 262 g/mol. The van der Waals surface area contributed by atoms with E-state index in [1.54, 1.807) is 0 Å². The normalized spacial score (nSPS) is 13.1. The van der Waals surface area contributed by atoms with Crippen molar-refractivity contribution in [3.05, 3.63) is 0 Å².